The summed E-state index contributed by atoms with van der Waals surface area (Å²) in [6, 6.07) is 4.70. The van der Waals surface area contributed by atoms with Crippen LogP contribution in [0.25, 0.3) is 11.5 Å². The molecular weight excluding hydrogens is 832 g/mol. The van der Waals surface area contributed by atoms with Crippen molar-refractivity contribution < 1.29 is 66.0 Å². The Bertz CT molecular complexity index is 1380. The molecule has 2 rings (SSSR count). The van der Waals surface area contributed by atoms with Gasteiger partial charge >= 0.3 is 24.1 Å². The van der Waals surface area contributed by atoms with Crippen LogP contribution in [0.15, 0.2) is 48.0 Å². The largest absolute Gasteiger partial charge is 0.507 e. The van der Waals surface area contributed by atoms with Crippen LogP contribution in [0, 0.1) is 19.7 Å². The van der Waals surface area contributed by atoms with Crippen molar-refractivity contribution in [3.05, 3.63) is 60.7 Å². The van der Waals surface area contributed by atoms with E-state index in [1.807, 2.05) is 6.92 Å². The number of carbonyl (C=O) groups excluding carboxylic acids is 4. The van der Waals surface area contributed by atoms with E-state index < -0.39 is 6.16 Å². The van der Waals surface area contributed by atoms with Crippen LogP contribution in [0.1, 0.15) is 135 Å². The number of aromatic nitrogens is 2. The summed E-state index contributed by atoms with van der Waals surface area (Å²) in [6.45, 7) is 20.2. The normalized spacial score (nSPS) is 9.55. The number of halogens is 1. The number of nitrogens with zero attached hydrogens (tertiary/aromatic N) is 2. The van der Waals surface area contributed by atoms with Gasteiger partial charge in [0.25, 0.3) is 5.89 Å². The standard InChI is InChI=1S/C10H9FN2O.C10H18O3.C8H14O3.C7H14O2.C7H16O.C6H12O3/c1-6-5-8(3-4-9(6)11)10-12-7(2)13-14-10;1-3-10(11)13-9-7-5-4-6-8-12-2;1-3-8(9)11-7-5-4-6-10-2;1-3-4-5-6-7(8)9-2;1-3-4-5-6-7-8-2;1-3-4-5-9-6(7)8-2/h3-5H,1-2H3;3H,1,4-9H2,2H3;3H,1,4-7H2,2H3;3-6H2,1-2H3;3-7H2,1-2H3;3-5H2,1-2H3. The molecule has 0 bridgehead atoms. The third-order valence-corrected chi connectivity index (χ3v) is 8.04. The highest BCUT2D eigenvalue weighted by Gasteiger charge is 2.07. The van der Waals surface area contributed by atoms with Gasteiger partial charge in [-0.25, -0.2) is 18.8 Å². The summed E-state index contributed by atoms with van der Waals surface area (Å²) in [7, 11) is 7.83. The van der Waals surface area contributed by atoms with Crippen LogP contribution < -0.4 is 0 Å². The zero-order valence-corrected chi connectivity index (χ0v) is 40.9. The molecule has 16 heteroatoms. The first-order valence-corrected chi connectivity index (χ1v) is 22.2. The predicted octanol–water partition coefficient (Wildman–Crippen LogP) is 11.1. The molecule has 0 radical (unpaired) electrons. The molecule has 0 spiro atoms. The number of unbranched alkanes of at least 4 members (excludes halogenated alkanes) is 10. The highest BCUT2D eigenvalue weighted by atomic mass is 19.1. The molecule has 64 heavy (non-hydrogen) atoms. The van der Waals surface area contributed by atoms with E-state index in [2.05, 4.69) is 51.4 Å². The lowest BCUT2D eigenvalue weighted by molar-refractivity contribution is -0.141. The third-order valence-electron chi connectivity index (χ3n) is 8.04. The highest BCUT2D eigenvalue weighted by Crippen LogP contribution is 2.19. The molecule has 0 atom stereocenters. The van der Waals surface area contributed by atoms with Crippen molar-refractivity contribution in [1.29, 1.82) is 0 Å². The molecule has 0 amide bonds. The van der Waals surface area contributed by atoms with E-state index in [9.17, 15) is 23.6 Å². The number of methoxy groups -OCH3 is 5. The molecule has 1 aromatic carbocycles. The average Bonchev–Trinajstić information content (AvgIpc) is 3.75. The molecule has 0 unspecified atom stereocenters. The zero-order valence-electron chi connectivity index (χ0n) is 40.9. The second-order valence-corrected chi connectivity index (χ2v) is 13.7. The summed E-state index contributed by atoms with van der Waals surface area (Å²) in [4.78, 5) is 45.8. The van der Waals surface area contributed by atoms with E-state index in [4.69, 9.17) is 28.2 Å². The van der Waals surface area contributed by atoms with Gasteiger partial charge in [-0.05, 0) is 89.0 Å². The molecular formula is C48H83FN2O13. The lowest BCUT2D eigenvalue weighted by Gasteiger charge is -2.01. The Labute approximate surface area is 384 Å². The second kappa shape index (κ2) is 52.7. The maximum absolute atomic E-state index is 13.0. The first-order chi connectivity index (χ1) is 30.8. The Morgan fingerprint density at radius 2 is 1.06 bits per heavy atom. The first kappa shape index (κ1) is 65.9. The van der Waals surface area contributed by atoms with Gasteiger partial charge in [0.1, 0.15) is 5.82 Å². The van der Waals surface area contributed by atoms with Crippen molar-refractivity contribution >= 4 is 24.1 Å². The molecule has 0 aliphatic rings. The van der Waals surface area contributed by atoms with Crippen molar-refractivity contribution in [3.8, 4) is 11.5 Å². The summed E-state index contributed by atoms with van der Waals surface area (Å²) in [5.74, 6) is -0.0275. The number of esters is 3. The minimum absolute atomic E-state index is 0.0940. The predicted molar refractivity (Wildman–Crippen MR) is 248 cm³/mol. The van der Waals surface area contributed by atoms with Gasteiger partial charge in [-0.2, -0.15) is 4.98 Å². The number of benzene rings is 1. The monoisotopic (exact) mass is 915 g/mol. The Kier molecular flexibility index (Phi) is 54.3. The molecule has 2 aromatic rings. The second-order valence-electron chi connectivity index (χ2n) is 13.7. The van der Waals surface area contributed by atoms with Gasteiger partial charge in [0.15, 0.2) is 5.82 Å². The number of ether oxygens (including phenoxy) is 8. The summed E-state index contributed by atoms with van der Waals surface area (Å²) in [5.41, 5.74) is 1.31. The van der Waals surface area contributed by atoms with Crippen molar-refractivity contribution in [2.75, 3.05) is 75.2 Å². The van der Waals surface area contributed by atoms with Gasteiger partial charge < -0.3 is 42.4 Å². The van der Waals surface area contributed by atoms with Gasteiger partial charge in [0.05, 0.1) is 34.0 Å². The van der Waals surface area contributed by atoms with Crippen LogP contribution in [0.3, 0.4) is 0 Å². The fraction of sp³-hybridized carbons (Fsp3) is 0.667. The minimum Gasteiger partial charge on any atom is -0.469 e. The van der Waals surface area contributed by atoms with E-state index in [1.54, 1.807) is 47.3 Å². The van der Waals surface area contributed by atoms with Gasteiger partial charge in [0, 0.05) is 65.3 Å². The molecule has 15 nitrogen and oxygen atoms in total. The molecule has 370 valence electrons. The summed E-state index contributed by atoms with van der Waals surface area (Å²) < 4.78 is 55.3. The van der Waals surface area contributed by atoms with Crippen LogP contribution in [0.5, 0.6) is 0 Å². The molecule has 0 saturated heterocycles. The zero-order chi connectivity index (χ0) is 49.1. The maximum atomic E-state index is 13.0. The lowest BCUT2D eigenvalue weighted by Crippen LogP contribution is -2.04. The Morgan fingerprint density at radius 1 is 0.609 bits per heavy atom. The number of rotatable bonds is 27. The SMILES string of the molecule is C=CC(=O)OCCCCCCOC.C=CC(=O)OCCCCOC.CCCCCC(=O)OC.CCCCCCOC.CCCCOC(=O)OC.Cc1noc(-c2ccc(F)c(C)c2)n1. The smallest absolute Gasteiger partial charge is 0.469 e. The van der Waals surface area contributed by atoms with E-state index in [-0.39, 0.29) is 23.7 Å². The summed E-state index contributed by atoms with van der Waals surface area (Å²) >= 11 is 0. The van der Waals surface area contributed by atoms with Crippen LogP contribution in [0.4, 0.5) is 9.18 Å². The molecule has 1 heterocycles. The quantitative estimate of drug-likeness (QED) is 0.0357. The summed E-state index contributed by atoms with van der Waals surface area (Å²) in [5, 5.41) is 3.67. The molecule has 1 aromatic heterocycles. The van der Waals surface area contributed by atoms with Crippen molar-refractivity contribution in [2.24, 2.45) is 0 Å². The fourth-order valence-corrected chi connectivity index (χ4v) is 4.36. The Morgan fingerprint density at radius 3 is 1.48 bits per heavy atom. The van der Waals surface area contributed by atoms with Crippen LogP contribution in [-0.4, -0.2) is 109 Å². The Hall–Kier alpha value is -4.67. The van der Waals surface area contributed by atoms with Gasteiger partial charge in [-0.15, -0.1) is 0 Å². The molecule has 0 saturated carbocycles. The maximum Gasteiger partial charge on any atom is 0.507 e. The number of aryl methyl sites for hydroxylation is 2. The lowest BCUT2D eigenvalue weighted by atomic mass is 10.1. The van der Waals surface area contributed by atoms with Crippen molar-refractivity contribution in [3.63, 3.8) is 0 Å². The van der Waals surface area contributed by atoms with Crippen molar-refractivity contribution in [1.82, 2.24) is 10.1 Å². The van der Waals surface area contributed by atoms with Gasteiger partial charge in [0.2, 0.25) is 0 Å². The number of hydrogen-bond acceptors (Lipinski definition) is 15. The minimum atomic E-state index is -0.594. The van der Waals surface area contributed by atoms with E-state index in [0.717, 1.165) is 95.5 Å². The topological polar surface area (TPSA) is 181 Å². The molecule has 0 aliphatic carbocycles. The number of carbonyl (C=O) groups is 4. The highest BCUT2D eigenvalue weighted by molar-refractivity contribution is 5.81. The van der Waals surface area contributed by atoms with E-state index >= 15 is 0 Å². The number of hydrogen-bond donors (Lipinski definition) is 0. The fourth-order valence-electron chi connectivity index (χ4n) is 4.36. The van der Waals surface area contributed by atoms with E-state index in [0.29, 0.717) is 50.1 Å². The average molecular weight is 915 g/mol. The van der Waals surface area contributed by atoms with Gasteiger partial charge in [-0.3, -0.25) is 4.79 Å². The van der Waals surface area contributed by atoms with E-state index in [1.165, 1.54) is 52.0 Å². The van der Waals surface area contributed by atoms with Crippen LogP contribution >= 0.6 is 0 Å². The van der Waals surface area contributed by atoms with Gasteiger partial charge in [-0.1, -0.05) is 84.0 Å². The summed E-state index contributed by atoms with van der Waals surface area (Å²) in [6.07, 6.45) is 18.6. The van der Waals surface area contributed by atoms with Crippen LogP contribution in [-0.2, 0) is 52.3 Å². The third kappa shape index (κ3) is 50.0. The molecule has 0 aliphatic heterocycles. The van der Waals surface area contributed by atoms with Crippen LogP contribution in [0.2, 0.25) is 0 Å². The Balaban J connectivity index is -0.000000342. The molecule has 0 fully saturated rings. The molecule has 0 N–H and O–H groups in total. The first-order valence-electron chi connectivity index (χ1n) is 22.2. The van der Waals surface area contributed by atoms with Crippen molar-refractivity contribution in [2.45, 2.75) is 137 Å².